The van der Waals surface area contributed by atoms with Gasteiger partial charge in [0.2, 0.25) is 0 Å². The molecule has 0 N–H and O–H groups in total. The highest BCUT2D eigenvalue weighted by Crippen LogP contribution is 2.07. The molecule has 0 spiro atoms. The van der Waals surface area contributed by atoms with Crippen molar-refractivity contribution in [1.82, 2.24) is 14.7 Å². The van der Waals surface area contributed by atoms with Gasteiger partial charge >= 0.3 is 0 Å². The van der Waals surface area contributed by atoms with Gasteiger partial charge < -0.3 is 4.90 Å². The number of hydrogen-bond acceptors (Lipinski definition) is 2. The Hall–Kier alpha value is -0.100. The van der Waals surface area contributed by atoms with Crippen LogP contribution in [0.5, 0.6) is 0 Å². The van der Waals surface area contributed by atoms with E-state index >= 15 is 0 Å². The van der Waals surface area contributed by atoms with Crippen molar-refractivity contribution in [3.8, 4) is 0 Å². The summed E-state index contributed by atoms with van der Waals surface area (Å²) in [4.78, 5) is 2.16. The molecule has 0 aliphatic carbocycles. The van der Waals surface area contributed by atoms with E-state index in [0.717, 1.165) is 18.8 Å². The Morgan fingerprint density at radius 2 is 2.25 bits per heavy atom. The second-order valence-electron chi connectivity index (χ2n) is 3.13. The molecule has 0 fully saturated rings. The summed E-state index contributed by atoms with van der Waals surface area (Å²) < 4.78 is 3.24. The minimum absolute atomic E-state index is 0.969. The van der Waals surface area contributed by atoms with Gasteiger partial charge in [-0.1, -0.05) is 0 Å². The van der Waals surface area contributed by atoms with Crippen LogP contribution in [0, 0.1) is 10.5 Å². The van der Waals surface area contributed by atoms with Gasteiger partial charge in [-0.15, -0.1) is 0 Å². The molecule has 68 valence electrons. The third kappa shape index (κ3) is 2.75. The summed E-state index contributed by atoms with van der Waals surface area (Å²) in [6.45, 7) is 4.04. The van der Waals surface area contributed by atoms with Gasteiger partial charge in [-0.3, -0.25) is 4.68 Å². The number of nitrogens with zero attached hydrogens (tertiary/aromatic N) is 3. The maximum Gasteiger partial charge on any atom is 0.0727 e. The first-order valence-electron chi connectivity index (χ1n) is 3.94. The van der Waals surface area contributed by atoms with E-state index in [2.05, 4.69) is 52.9 Å². The van der Waals surface area contributed by atoms with Crippen LogP contribution in [0.15, 0.2) is 6.20 Å². The molecule has 0 saturated heterocycles. The van der Waals surface area contributed by atoms with Crippen molar-refractivity contribution in [1.29, 1.82) is 0 Å². The van der Waals surface area contributed by atoms with Gasteiger partial charge in [0.1, 0.15) is 0 Å². The third-order valence-electron chi connectivity index (χ3n) is 1.66. The highest BCUT2D eigenvalue weighted by molar-refractivity contribution is 14.1. The number of aromatic nitrogens is 2. The van der Waals surface area contributed by atoms with E-state index in [1.807, 2.05) is 11.6 Å². The molecule has 0 saturated carbocycles. The van der Waals surface area contributed by atoms with E-state index in [0.29, 0.717) is 0 Å². The number of rotatable bonds is 3. The Morgan fingerprint density at radius 1 is 1.58 bits per heavy atom. The second-order valence-corrected chi connectivity index (χ2v) is 4.29. The molecule has 0 unspecified atom stereocenters. The molecule has 0 aliphatic rings. The lowest BCUT2D eigenvalue weighted by Gasteiger charge is -2.08. The van der Waals surface area contributed by atoms with Gasteiger partial charge in [-0.2, -0.15) is 5.10 Å². The zero-order valence-corrected chi connectivity index (χ0v) is 9.87. The molecule has 0 radical (unpaired) electrons. The molecule has 1 aromatic heterocycles. The number of halogens is 1. The van der Waals surface area contributed by atoms with Crippen LogP contribution in [0.2, 0.25) is 0 Å². The van der Waals surface area contributed by atoms with E-state index in [9.17, 15) is 0 Å². The van der Waals surface area contributed by atoms with Crippen LogP contribution < -0.4 is 0 Å². The first-order chi connectivity index (χ1) is 5.59. The summed E-state index contributed by atoms with van der Waals surface area (Å²) in [5.74, 6) is 0. The highest BCUT2D eigenvalue weighted by Gasteiger charge is 2.00. The quantitative estimate of drug-likeness (QED) is 0.779. The fourth-order valence-corrected chi connectivity index (χ4v) is 1.34. The van der Waals surface area contributed by atoms with Crippen molar-refractivity contribution < 1.29 is 0 Å². The van der Waals surface area contributed by atoms with Crippen LogP contribution in [0.1, 0.15) is 5.69 Å². The van der Waals surface area contributed by atoms with Crippen molar-refractivity contribution >= 4 is 22.6 Å². The van der Waals surface area contributed by atoms with Crippen LogP contribution in [0.25, 0.3) is 0 Å². The van der Waals surface area contributed by atoms with E-state index < -0.39 is 0 Å². The number of aryl methyl sites for hydroxylation is 1. The Labute approximate surface area is 86.9 Å². The summed E-state index contributed by atoms with van der Waals surface area (Å²) >= 11 is 2.31. The second kappa shape index (κ2) is 4.23. The van der Waals surface area contributed by atoms with Gasteiger partial charge in [0, 0.05) is 12.7 Å². The molecule has 1 rings (SSSR count). The molecule has 1 heterocycles. The van der Waals surface area contributed by atoms with Crippen LogP contribution in [-0.2, 0) is 6.54 Å². The van der Waals surface area contributed by atoms with Crippen molar-refractivity contribution in [3.05, 3.63) is 15.5 Å². The van der Waals surface area contributed by atoms with Gasteiger partial charge in [-0.25, -0.2) is 0 Å². The Morgan fingerprint density at radius 3 is 2.67 bits per heavy atom. The smallest absolute Gasteiger partial charge is 0.0727 e. The molecular formula is C8H14IN3. The first-order valence-corrected chi connectivity index (χ1v) is 5.02. The molecule has 12 heavy (non-hydrogen) atoms. The summed E-state index contributed by atoms with van der Waals surface area (Å²) in [6.07, 6.45) is 2.08. The normalized spacial score (nSPS) is 11.1. The van der Waals surface area contributed by atoms with Crippen LogP contribution in [0.4, 0.5) is 0 Å². The SMILES string of the molecule is Cc1nn(CCN(C)C)cc1I. The molecular weight excluding hydrogens is 265 g/mol. The number of likely N-dealkylation sites (N-methyl/N-ethyl adjacent to an activating group) is 1. The summed E-state index contributed by atoms with van der Waals surface area (Å²) in [7, 11) is 4.14. The number of hydrogen-bond donors (Lipinski definition) is 0. The maximum absolute atomic E-state index is 4.36. The molecule has 0 aromatic carbocycles. The predicted octanol–water partition coefficient (Wildman–Crippen LogP) is 1.36. The maximum atomic E-state index is 4.36. The molecule has 1 aromatic rings. The lowest BCUT2D eigenvalue weighted by molar-refractivity contribution is 0.373. The van der Waals surface area contributed by atoms with Gasteiger partial charge in [-0.05, 0) is 43.6 Å². The van der Waals surface area contributed by atoms with Crippen LogP contribution >= 0.6 is 22.6 Å². The molecule has 0 bridgehead atoms. The van der Waals surface area contributed by atoms with Crippen molar-refractivity contribution in [2.24, 2.45) is 0 Å². The minimum atomic E-state index is 0.969. The van der Waals surface area contributed by atoms with Crippen LogP contribution in [0.3, 0.4) is 0 Å². The molecule has 0 aliphatic heterocycles. The zero-order valence-electron chi connectivity index (χ0n) is 7.71. The third-order valence-corrected chi connectivity index (χ3v) is 2.72. The van der Waals surface area contributed by atoms with E-state index in [4.69, 9.17) is 0 Å². The average molecular weight is 279 g/mol. The highest BCUT2D eigenvalue weighted by atomic mass is 127. The van der Waals surface area contributed by atoms with Gasteiger partial charge in [0.25, 0.3) is 0 Å². The largest absolute Gasteiger partial charge is 0.308 e. The monoisotopic (exact) mass is 279 g/mol. The van der Waals surface area contributed by atoms with E-state index in [1.54, 1.807) is 0 Å². The van der Waals surface area contributed by atoms with Crippen LogP contribution in [-0.4, -0.2) is 35.3 Å². The standard InChI is InChI=1S/C8H14IN3/c1-7-8(9)6-12(10-7)5-4-11(2)3/h6H,4-5H2,1-3H3. The summed E-state index contributed by atoms with van der Waals surface area (Å²) in [5, 5.41) is 4.36. The molecule has 3 nitrogen and oxygen atoms in total. The fraction of sp³-hybridized carbons (Fsp3) is 0.625. The lowest BCUT2D eigenvalue weighted by atomic mass is 10.5. The summed E-state index contributed by atoms with van der Waals surface area (Å²) in [6, 6.07) is 0. The average Bonchev–Trinajstić information content (AvgIpc) is 2.28. The molecule has 0 amide bonds. The van der Waals surface area contributed by atoms with Gasteiger partial charge in [0.05, 0.1) is 15.8 Å². The van der Waals surface area contributed by atoms with Crippen molar-refractivity contribution in [3.63, 3.8) is 0 Å². The van der Waals surface area contributed by atoms with E-state index in [1.165, 1.54) is 3.57 Å². The topological polar surface area (TPSA) is 21.1 Å². The van der Waals surface area contributed by atoms with Gasteiger partial charge in [0.15, 0.2) is 0 Å². The predicted molar refractivity (Wildman–Crippen MR) is 58.2 cm³/mol. The molecule has 4 heteroatoms. The Balaban J connectivity index is 2.53. The van der Waals surface area contributed by atoms with Crippen molar-refractivity contribution in [2.45, 2.75) is 13.5 Å². The molecule has 0 atom stereocenters. The summed E-state index contributed by atoms with van der Waals surface area (Å²) in [5.41, 5.74) is 1.12. The lowest BCUT2D eigenvalue weighted by Crippen LogP contribution is -2.18. The minimum Gasteiger partial charge on any atom is -0.308 e. The zero-order chi connectivity index (χ0) is 9.14. The fourth-order valence-electron chi connectivity index (χ4n) is 0.911. The Kier molecular flexibility index (Phi) is 3.52. The Bertz CT molecular complexity index is 235. The van der Waals surface area contributed by atoms with E-state index in [-0.39, 0.29) is 0 Å². The van der Waals surface area contributed by atoms with Crippen molar-refractivity contribution in [2.75, 3.05) is 20.6 Å². The first kappa shape index (κ1) is 9.98.